The Kier molecular flexibility index (Phi) is 7.49. The van der Waals surface area contributed by atoms with Crippen molar-refractivity contribution in [2.45, 2.75) is 25.6 Å². The normalized spacial score (nSPS) is 10.7. The molecule has 0 fully saturated rings. The first-order chi connectivity index (χ1) is 16.5. The van der Waals surface area contributed by atoms with Gasteiger partial charge in [0.1, 0.15) is 18.1 Å². The SMILES string of the molecule is COc1ccc(C)cc1NC(=O)CSc1nnc(COc2ccc(C)cc2)n1-c1ccccc1. The number of aromatic nitrogens is 3. The second-order valence-corrected chi connectivity index (χ2v) is 8.65. The van der Waals surface area contributed by atoms with Gasteiger partial charge >= 0.3 is 0 Å². The van der Waals surface area contributed by atoms with Gasteiger partial charge in [0.2, 0.25) is 5.91 Å². The number of nitrogens with one attached hydrogen (secondary N) is 1. The first kappa shape index (κ1) is 23.4. The number of hydrogen-bond acceptors (Lipinski definition) is 6. The molecule has 1 N–H and O–H groups in total. The van der Waals surface area contributed by atoms with Crippen LogP contribution in [0, 0.1) is 13.8 Å². The molecule has 0 radical (unpaired) electrons. The minimum atomic E-state index is -0.158. The Morgan fingerprint density at radius 1 is 0.971 bits per heavy atom. The van der Waals surface area contributed by atoms with Gasteiger partial charge in [-0.25, -0.2) is 0 Å². The number of carbonyl (C=O) groups is 1. The number of methoxy groups -OCH3 is 1. The molecule has 1 heterocycles. The maximum atomic E-state index is 12.7. The van der Waals surface area contributed by atoms with Gasteiger partial charge in [0.25, 0.3) is 0 Å². The molecule has 174 valence electrons. The van der Waals surface area contributed by atoms with Gasteiger partial charge in [-0.2, -0.15) is 0 Å². The Balaban J connectivity index is 1.49. The number of rotatable bonds is 9. The molecule has 0 bridgehead atoms. The van der Waals surface area contributed by atoms with Crippen LogP contribution in [0.4, 0.5) is 5.69 Å². The quantitative estimate of drug-likeness (QED) is 0.336. The average Bonchev–Trinajstić information content (AvgIpc) is 3.26. The summed E-state index contributed by atoms with van der Waals surface area (Å²) in [7, 11) is 1.58. The van der Waals surface area contributed by atoms with Crippen molar-refractivity contribution in [1.82, 2.24) is 14.8 Å². The summed E-state index contributed by atoms with van der Waals surface area (Å²) < 4.78 is 13.2. The lowest BCUT2D eigenvalue weighted by molar-refractivity contribution is -0.113. The summed E-state index contributed by atoms with van der Waals surface area (Å²) in [5, 5.41) is 12.2. The van der Waals surface area contributed by atoms with E-state index in [1.54, 1.807) is 7.11 Å². The van der Waals surface area contributed by atoms with Gasteiger partial charge in [-0.05, 0) is 55.8 Å². The van der Waals surface area contributed by atoms with E-state index < -0.39 is 0 Å². The van der Waals surface area contributed by atoms with E-state index in [1.807, 2.05) is 91.2 Å². The number of anilines is 1. The number of para-hydroxylation sites is 1. The number of thioether (sulfide) groups is 1. The Hall–Kier alpha value is -3.78. The third-order valence-electron chi connectivity index (χ3n) is 5.07. The predicted octanol–water partition coefficient (Wildman–Crippen LogP) is 5.20. The molecule has 4 rings (SSSR count). The molecule has 34 heavy (non-hydrogen) atoms. The summed E-state index contributed by atoms with van der Waals surface area (Å²) in [6.45, 7) is 4.25. The van der Waals surface area contributed by atoms with Crippen LogP contribution >= 0.6 is 11.8 Å². The minimum Gasteiger partial charge on any atom is -0.495 e. The van der Waals surface area contributed by atoms with Crippen molar-refractivity contribution >= 4 is 23.4 Å². The fourth-order valence-corrected chi connectivity index (χ4v) is 4.11. The zero-order chi connectivity index (χ0) is 23.9. The number of aryl methyl sites for hydroxylation is 2. The number of carbonyl (C=O) groups excluding carboxylic acids is 1. The maximum absolute atomic E-state index is 12.7. The number of hydrogen-bond donors (Lipinski definition) is 1. The van der Waals surface area contributed by atoms with Crippen molar-refractivity contribution in [1.29, 1.82) is 0 Å². The van der Waals surface area contributed by atoms with E-state index in [4.69, 9.17) is 9.47 Å². The standard InChI is InChI=1S/C26H26N4O3S/c1-18-9-12-21(13-10-18)33-16-24-28-29-26(30(24)20-7-5-4-6-8-20)34-17-25(31)27-22-15-19(2)11-14-23(22)32-3/h4-15H,16-17H2,1-3H3,(H,27,31). The Morgan fingerprint density at radius 2 is 1.71 bits per heavy atom. The molecule has 7 nitrogen and oxygen atoms in total. The van der Waals surface area contributed by atoms with Gasteiger partial charge in [-0.15, -0.1) is 10.2 Å². The first-order valence-electron chi connectivity index (χ1n) is 10.8. The lowest BCUT2D eigenvalue weighted by atomic mass is 10.2. The second kappa shape index (κ2) is 10.9. The fraction of sp³-hybridized carbons (Fsp3) is 0.192. The van der Waals surface area contributed by atoms with Crippen LogP contribution in [0.25, 0.3) is 5.69 Å². The molecule has 1 amide bonds. The van der Waals surface area contributed by atoms with Gasteiger partial charge in [-0.3, -0.25) is 9.36 Å². The third-order valence-corrected chi connectivity index (χ3v) is 5.99. The molecule has 0 saturated heterocycles. The summed E-state index contributed by atoms with van der Waals surface area (Å²) in [6.07, 6.45) is 0. The number of benzene rings is 3. The molecular weight excluding hydrogens is 448 g/mol. The van der Waals surface area contributed by atoms with Crippen LogP contribution in [0.3, 0.4) is 0 Å². The molecule has 0 atom stereocenters. The molecule has 1 aromatic heterocycles. The van der Waals surface area contributed by atoms with Gasteiger partial charge < -0.3 is 14.8 Å². The number of amides is 1. The monoisotopic (exact) mass is 474 g/mol. The maximum Gasteiger partial charge on any atom is 0.234 e. The van der Waals surface area contributed by atoms with Gasteiger partial charge in [-0.1, -0.05) is 53.7 Å². The van der Waals surface area contributed by atoms with Crippen molar-refractivity contribution in [3.8, 4) is 17.2 Å². The highest BCUT2D eigenvalue weighted by Gasteiger charge is 2.17. The highest BCUT2D eigenvalue weighted by atomic mass is 32.2. The van der Waals surface area contributed by atoms with Crippen LogP contribution in [-0.2, 0) is 11.4 Å². The van der Waals surface area contributed by atoms with Crippen LogP contribution in [0.15, 0.2) is 78.0 Å². The summed E-state index contributed by atoms with van der Waals surface area (Å²) in [4.78, 5) is 12.7. The molecule has 0 aliphatic heterocycles. The van der Waals surface area contributed by atoms with Crippen molar-refractivity contribution < 1.29 is 14.3 Å². The molecular formula is C26H26N4O3S. The fourth-order valence-electron chi connectivity index (χ4n) is 3.34. The molecule has 0 spiro atoms. The van der Waals surface area contributed by atoms with E-state index in [2.05, 4.69) is 15.5 Å². The Bertz CT molecular complexity index is 1260. The smallest absolute Gasteiger partial charge is 0.234 e. The molecule has 0 saturated carbocycles. The van der Waals surface area contributed by atoms with E-state index >= 15 is 0 Å². The highest BCUT2D eigenvalue weighted by molar-refractivity contribution is 7.99. The first-order valence-corrected chi connectivity index (χ1v) is 11.8. The van der Waals surface area contributed by atoms with E-state index in [-0.39, 0.29) is 18.3 Å². The summed E-state index contributed by atoms with van der Waals surface area (Å²) in [5.41, 5.74) is 3.74. The lowest BCUT2D eigenvalue weighted by Crippen LogP contribution is -2.15. The van der Waals surface area contributed by atoms with Crippen molar-refractivity contribution in [3.05, 3.63) is 89.7 Å². The molecule has 8 heteroatoms. The topological polar surface area (TPSA) is 78.3 Å². The second-order valence-electron chi connectivity index (χ2n) is 7.71. The van der Waals surface area contributed by atoms with Crippen LogP contribution in [0.1, 0.15) is 17.0 Å². The lowest BCUT2D eigenvalue weighted by Gasteiger charge is -2.12. The van der Waals surface area contributed by atoms with Gasteiger partial charge in [0.15, 0.2) is 11.0 Å². The largest absolute Gasteiger partial charge is 0.495 e. The third kappa shape index (κ3) is 5.77. The van der Waals surface area contributed by atoms with E-state index in [1.165, 1.54) is 17.3 Å². The van der Waals surface area contributed by atoms with Crippen molar-refractivity contribution in [3.63, 3.8) is 0 Å². The number of nitrogens with zero attached hydrogens (tertiary/aromatic N) is 3. The van der Waals surface area contributed by atoms with Gasteiger partial charge in [0.05, 0.1) is 18.6 Å². The molecule has 0 unspecified atom stereocenters. The van der Waals surface area contributed by atoms with Crippen LogP contribution < -0.4 is 14.8 Å². The van der Waals surface area contributed by atoms with Crippen LogP contribution in [0.2, 0.25) is 0 Å². The predicted molar refractivity (Wildman–Crippen MR) is 134 cm³/mol. The zero-order valence-corrected chi connectivity index (χ0v) is 20.1. The van der Waals surface area contributed by atoms with E-state index in [9.17, 15) is 4.79 Å². The molecule has 3 aromatic carbocycles. The van der Waals surface area contributed by atoms with Crippen LogP contribution in [-0.4, -0.2) is 33.5 Å². The van der Waals surface area contributed by atoms with Gasteiger partial charge in [0, 0.05) is 5.69 Å². The van der Waals surface area contributed by atoms with E-state index in [0.29, 0.717) is 22.4 Å². The molecule has 0 aliphatic carbocycles. The van der Waals surface area contributed by atoms with Crippen molar-refractivity contribution in [2.24, 2.45) is 0 Å². The van der Waals surface area contributed by atoms with Crippen molar-refractivity contribution in [2.75, 3.05) is 18.2 Å². The van der Waals surface area contributed by atoms with Crippen LogP contribution in [0.5, 0.6) is 11.5 Å². The minimum absolute atomic E-state index is 0.158. The van der Waals surface area contributed by atoms with E-state index in [0.717, 1.165) is 17.0 Å². The summed E-state index contributed by atoms with van der Waals surface area (Å²) in [5.74, 6) is 2.03. The Labute approximate surface area is 203 Å². The Morgan fingerprint density at radius 3 is 2.44 bits per heavy atom. The number of ether oxygens (including phenoxy) is 2. The average molecular weight is 475 g/mol. The molecule has 0 aliphatic rings. The summed E-state index contributed by atoms with van der Waals surface area (Å²) in [6, 6.07) is 23.3. The zero-order valence-electron chi connectivity index (χ0n) is 19.3. The molecule has 4 aromatic rings. The highest BCUT2D eigenvalue weighted by Crippen LogP contribution is 2.27. The summed E-state index contributed by atoms with van der Waals surface area (Å²) >= 11 is 1.31.